The number of nitrogens with zero attached hydrogens (tertiary/aromatic N) is 1. The van der Waals surface area contributed by atoms with E-state index >= 15 is 0 Å². The second kappa shape index (κ2) is 7.01. The lowest BCUT2D eigenvalue weighted by Crippen LogP contribution is -2.35. The number of amides is 1. The molecule has 0 atom stereocenters. The first-order valence-corrected chi connectivity index (χ1v) is 7.99. The molecule has 132 valence electrons. The number of hydrogen-bond donors (Lipinski definition) is 0. The second-order valence-electron chi connectivity index (χ2n) is 5.75. The lowest BCUT2D eigenvalue weighted by Gasteiger charge is -2.30. The molecule has 0 saturated carbocycles. The van der Waals surface area contributed by atoms with Crippen LogP contribution in [0.1, 0.15) is 22.3 Å². The van der Waals surface area contributed by atoms with Gasteiger partial charge in [-0.05, 0) is 42.7 Å². The zero-order valence-corrected chi connectivity index (χ0v) is 14.5. The summed E-state index contributed by atoms with van der Waals surface area (Å²) in [5, 5.41) is 0. The van der Waals surface area contributed by atoms with E-state index in [0.717, 1.165) is 18.4 Å². The van der Waals surface area contributed by atoms with Gasteiger partial charge >= 0.3 is 0 Å². The van der Waals surface area contributed by atoms with Crippen LogP contribution >= 0.6 is 0 Å². The minimum absolute atomic E-state index is 0.231. The van der Waals surface area contributed by atoms with Crippen LogP contribution < -0.4 is 19.1 Å². The van der Waals surface area contributed by atoms with Gasteiger partial charge in [0.1, 0.15) is 5.82 Å². The molecule has 0 saturated heterocycles. The molecule has 0 bridgehead atoms. The number of aryl methyl sites for hydroxylation is 1. The monoisotopic (exact) mass is 345 g/mol. The van der Waals surface area contributed by atoms with E-state index in [1.807, 2.05) is 0 Å². The zero-order chi connectivity index (χ0) is 18.0. The molecule has 0 radical (unpaired) electrons. The van der Waals surface area contributed by atoms with Gasteiger partial charge in [0.15, 0.2) is 11.5 Å². The number of ether oxygens (including phenoxy) is 3. The summed E-state index contributed by atoms with van der Waals surface area (Å²) in [5.41, 5.74) is 1.98. The Morgan fingerprint density at radius 1 is 1.04 bits per heavy atom. The number of carbonyl (C=O) groups excluding carboxylic acids is 1. The summed E-state index contributed by atoms with van der Waals surface area (Å²) in [6, 6.07) is 7.78. The van der Waals surface area contributed by atoms with Gasteiger partial charge in [-0.2, -0.15) is 0 Å². The summed E-state index contributed by atoms with van der Waals surface area (Å²) >= 11 is 0. The van der Waals surface area contributed by atoms with E-state index < -0.39 is 0 Å². The molecule has 0 N–H and O–H groups in total. The summed E-state index contributed by atoms with van der Waals surface area (Å²) in [6.45, 7) is 0.534. The Morgan fingerprint density at radius 3 is 2.32 bits per heavy atom. The maximum Gasteiger partial charge on any atom is 0.258 e. The van der Waals surface area contributed by atoms with Crippen LogP contribution in [0.2, 0.25) is 0 Å². The molecule has 0 unspecified atom stereocenters. The quantitative estimate of drug-likeness (QED) is 0.852. The number of methoxy groups -OCH3 is 3. The SMILES string of the molecule is COc1cc(C(=O)N2CCCc3ccc(F)cc32)cc(OC)c1OC. The first-order valence-electron chi connectivity index (χ1n) is 7.99. The lowest BCUT2D eigenvalue weighted by atomic mass is 10.0. The average molecular weight is 345 g/mol. The van der Waals surface area contributed by atoms with Crippen molar-refractivity contribution < 1.29 is 23.4 Å². The van der Waals surface area contributed by atoms with E-state index in [1.165, 1.54) is 33.5 Å². The molecule has 0 aromatic heterocycles. The fourth-order valence-corrected chi connectivity index (χ4v) is 3.12. The third-order valence-electron chi connectivity index (χ3n) is 4.32. The van der Waals surface area contributed by atoms with E-state index in [9.17, 15) is 9.18 Å². The third-order valence-corrected chi connectivity index (χ3v) is 4.32. The molecule has 0 fully saturated rings. The highest BCUT2D eigenvalue weighted by atomic mass is 19.1. The smallest absolute Gasteiger partial charge is 0.258 e. The van der Waals surface area contributed by atoms with Crippen molar-refractivity contribution in [3.05, 3.63) is 47.3 Å². The van der Waals surface area contributed by atoms with Crippen molar-refractivity contribution in [3.63, 3.8) is 0 Å². The van der Waals surface area contributed by atoms with Crippen molar-refractivity contribution in [3.8, 4) is 17.2 Å². The molecule has 1 heterocycles. The van der Waals surface area contributed by atoms with E-state index in [0.29, 0.717) is 35.0 Å². The minimum Gasteiger partial charge on any atom is -0.493 e. The fourth-order valence-electron chi connectivity index (χ4n) is 3.12. The second-order valence-corrected chi connectivity index (χ2v) is 5.75. The molecule has 1 amide bonds. The molecule has 2 aromatic carbocycles. The standard InChI is InChI=1S/C19H20FNO4/c1-23-16-9-13(10-17(24-2)18(16)25-3)19(22)21-8-4-5-12-6-7-14(20)11-15(12)21/h6-7,9-11H,4-5,8H2,1-3H3. The van der Waals surface area contributed by atoms with Crippen LogP contribution in [-0.4, -0.2) is 33.8 Å². The maximum absolute atomic E-state index is 13.7. The number of halogens is 1. The number of fused-ring (bicyclic) bond motifs is 1. The number of benzene rings is 2. The van der Waals surface area contributed by atoms with Crippen LogP contribution in [-0.2, 0) is 6.42 Å². The highest BCUT2D eigenvalue weighted by Crippen LogP contribution is 2.39. The van der Waals surface area contributed by atoms with Gasteiger partial charge < -0.3 is 19.1 Å². The summed E-state index contributed by atoms with van der Waals surface area (Å²) < 4.78 is 29.6. The number of anilines is 1. The molecule has 1 aliphatic rings. The van der Waals surface area contributed by atoms with E-state index in [-0.39, 0.29) is 11.7 Å². The first-order chi connectivity index (χ1) is 12.1. The Hall–Kier alpha value is -2.76. The number of carbonyl (C=O) groups is 1. The molecule has 3 rings (SSSR count). The molecular formula is C19H20FNO4. The van der Waals surface area contributed by atoms with Gasteiger partial charge in [0.25, 0.3) is 5.91 Å². The van der Waals surface area contributed by atoms with Crippen molar-refractivity contribution in [1.29, 1.82) is 0 Å². The van der Waals surface area contributed by atoms with E-state index in [1.54, 1.807) is 23.1 Å². The van der Waals surface area contributed by atoms with Crippen LogP contribution in [0.5, 0.6) is 17.2 Å². The van der Waals surface area contributed by atoms with Gasteiger partial charge in [-0.1, -0.05) is 6.07 Å². The van der Waals surface area contributed by atoms with Crippen molar-refractivity contribution in [1.82, 2.24) is 0 Å². The lowest BCUT2D eigenvalue weighted by molar-refractivity contribution is 0.0984. The summed E-state index contributed by atoms with van der Waals surface area (Å²) in [6.07, 6.45) is 1.66. The Labute approximate surface area is 145 Å². The van der Waals surface area contributed by atoms with Crippen LogP contribution in [0.15, 0.2) is 30.3 Å². The number of rotatable bonds is 4. The summed E-state index contributed by atoms with van der Waals surface area (Å²) in [4.78, 5) is 14.7. The van der Waals surface area contributed by atoms with Gasteiger partial charge in [0.2, 0.25) is 5.75 Å². The van der Waals surface area contributed by atoms with E-state index in [4.69, 9.17) is 14.2 Å². The first kappa shape index (κ1) is 17.1. The van der Waals surface area contributed by atoms with Crippen molar-refractivity contribution >= 4 is 11.6 Å². The van der Waals surface area contributed by atoms with Crippen molar-refractivity contribution in [2.75, 3.05) is 32.8 Å². The van der Waals surface area contributed by atoms with Gasteiger partial charge in [-0.15, -0.1) is 0 Å². The maximum atomic E-state index is 13.7. The van der Waals surface area contributed by atoms with Gasteiger partial charge in [0, 0.05) is 12.1 Å². The van der Waals surface area contributed by atoms with Crippen molar-refractivity contribution in [2.24, 2.45) is 0 Å². The number of hydrogen-bond acceptors (Lipinski definition) is 4. The van der Waals surface area contributed by atoms with E-state index in [2.05, 4.69) is 0 Å². The topological polar surface area (TPSA) is 48.0 Å². The molecule has 1 aliphatic heterocycles. The third kappa shape index (κ3) is 3.12. The van der Waals surface area contributed by atoms with Crippen LogP contribution in [0.3, 0.4) is 0 Å². The van der Waals surface area contributed by atoms with Crippen LogP contribution in [0.25, 0.3) is 0 Å². The highest BCUT2D eigenvalue weighted by Gasteiger charge is 2.26. The Balaban J connectivity index is 2.04. The zero-order valence-electron chi connectivity index (χ0n) is 14.5. The van der Waals surface area contributed by atoms with Crippen molar-refractivity contribution in [2.45, 2.75) is 12.8 Å². The largest absolute Gasteiger partial charge is 0.493 e. The molecule has 0 spiro atoms. The van der Waals surface area contributed by atoms with Gasteiger partial charge in [-0.25, -0.2) is 4.39 Å². The van der Waals surface area contributed by atoms with Crippen LogP contribution in [0, 0.1) is 5.82 Å². The molecule has 6 heteroatoms. The fraction of sp³-hybridized carbons (Fsp3) is 0.316. The average Bonchev–Trinajstić information content (AvgIpc) is 2.65. The minimum atomic E-state index is -0.358. The molecule has 2 aromatic rings. The van der Waals surface area contributed by atoms with Gasteiger partial charge in [-0.3, -0.25) is 4.79 Å². The molecule has 0 aliphatic carbocycles. The predicted molar refractivity (Wildman–Crippen MR) is 92.5 cm³/mol. The molecule has 5 nitrogen and oxygen atoms in total. The Kier molecular flexibility index (Phi) is 4.79. The summed E-state index contributed by atoms with van der Waals surface area (Å²) in [7, 11) is 4.50. The van der Waals surface area contributed by atoms with Gasteiger partial charge in [0.05, 0.1) is 27.0 Å². The molecule has 25 heavy (non-hydrogen) atoms. The Bertz CT molecular complexity index is 781. The normalized spacial score (nSPS) is 13.2. The molecular weight excluding hydrogens is 325 g/mol. The Morgan fingerprint density at radius 2 is 1.72 bits per heavy atom. The highest BCUT2D eigenvalue weighted by molar-refractivity contribution is 6.07. The predicted octanol–water partition coefficient (Wildman–Crippen LogP) is 3.44. The van der Waals surface area contributed by atoms with Crippen LogP contribution in [0.4, 0.5) is 10.1 Å². The summed E-state index contributed by atoms with van der Waals surface area (Å²) in [5.74, 6) is 0.643.